The van der Waals surface area contributed by atoms with E-state index in [0.29, 0.717) is 6.04 Å². The molecule has 0 bridgehead atoms. The molecule has 1 aliphatic heterocycles. The lowest BCUT2D eigenvalue weighted by Crippen LogP contribution is -2.37. The maximum atomic E-state index is 6.25. The van der Waals surface area contributed by atoms with Gasteiger partial charge in [0.25, 0.3) is 0 Å². The average Bonchev–Trinajstić information content (AvgIpc) is 2.57. The summed E-state index contributed by atoms with van der Waals surface area (Å²) in [5.74, 6) is 0. The molecule has 1 N–H and O–H groups in total. The van der Waals surface area contributed by atoms with Crippen molar-refractivity contribution in [1.29, 1.82) is 0 Å². The van der Waals surface area contributed by atoms with Gasteiger partial charge < -0.3 is 10.2 Å². The van der Waals surface area contributed by atoms with E-state index in [2.05, 4.69) is 17.1 Å². The molecule has 1 aliphatic rings. The van der Waals surface area contributed by atoms with Crippen LogP contribution in [0, 0.1) is 0 Å². The minimum absolute atomic E-state index is 0.535. The Hall–Kier alpha value is -0.440. The average molecular weight is 273 g/mol. The Morgan fingerprint density at radius 1 is 1.41 bits per heavy atom. The normalized spacial score (nSPS) is 21.4. The van der Waals surface area contributed by atoms with Crippen molar-refractivity contribution in [3.63, 3.8) is 0 Å². The van der Waals surface area contributed by atoms with Crippen LogP contribution < -0.4 is 10.2 Å². The van der Waals surface area contributed by atoms with Gasteiger partial charge in [-0.15, -0.1) is 0 Å². The zero-order chi connectivity index (χ0) is 12.3. The number of nitrogens with one attached hydrogen (secondary N) is 1. The van der Waals surface area contributed by atoms with Crippen LogP contribution in [-0.2, 0) is 0 Å². The van der Waals surface area contributed by atoms with Crippen LogP contribution in [0.4, 0.5) is 5.69 Å². The van der Waals surface area contributed by atoms with Gasteiger partial charge in [-0.2, -0.15) is 0 Å². The lowest BCUT2D eigenvalue weighted by atomic mass is 10.2. The predicted octanol–water partition coefficient (Wildman–Crippen LogP) is 3.57. The maximum absolute atomic E-state index is 6.25. The van der Waals surface area contributed by atoms with E-state index in [-0.39, 0.29) is 0 Å². The highest BCUT2D eigenvalue weighted by Crippen LogP contribution is 2.29. The minimum Gasteiger partial charge on any atom is -0.369 e. The number of benzene rings is 1. The molecule has 1 atom stereocenters. The molecule has 94 valence electrons. The summed E-state index contributed by atoms with van der Waals surface area (Å²) in [6.07, 6.45) is 2.27. The molecule has 2 nitrogen and oxygen atoms in total. The Morgan fingerprint density at radius 2 is 2.24 bits per heavy atom. The molecule has 4 heteroatoms. The standard InChI is InChI=1S/C13H18Cl2N2/c1-2-11-9-17(7-3-6-16-11)13-8-10(14)4-5-12(13)15/h4-5,8,11,16H,2-3,6-7,9H2,1H3. The first kappa shape index (κ1) is 13.0. The molecule has 1 heterocycles. The zero-order valence-corrected chi connectivity index (χ0v) is 11.6. The Balaban J connectivity index is 2.21. The summed E-state index contributed by atoms with van der Waals surface area (Å²) < 4.78 is 0. The van der Waals surface area contributed by atoms with Gasteiger partial charge in [0.05, 0.1) is 10.7 Å². The molecule has 1 saturated heterocycles. The Kier molecular flexibility index (Phi) is 4.55. The second kappa shape index (κ2) is 5.94. The Bertz CT molecular complexity index is 382. The van der Waals surface area contributed by atoms with Gasteiger partial charge in [-0.25, -0.2) is 0 Å². The van der Waals surface area contributed by atoms with Gasteiger partial charge in [-0.1, -0.05) is 30.1 Å². The van der Waals surface area contributed by atoms with Crippen LogP contribution in [0.25, 0.3) is 0 Å². The largest absolute Gasteiger partial charge is 0.369 e. The van der Waals surface area contributed by atoms with Crippen LogP contribution in [0.2, 0.25) is 10.0 Å². The summed E-state index contributed by atoms with van der Waals surface area (Å²) in [7, 11) is 0. The molecular weight excluding hydrogens is 255 g/mol. The van der Waals surface area contributed by atoms with E-state index in [1.165, 1.54) is 0 Å². The minimum atomic E-state index is 0.535. The van der Waals surface area contributed by atoms with Gasteiger partial charge in [-0.05, 0) is 37.6 Å². The van der Waals surface area contributed by atoms with Crippen molar-refractivity contribution >= 4 is 28.9 Å². The molecule has 1 fully saturated rings. The van der Waals surface area contributed by atoms with E-state index in [1.807, 2.05) is 18.2 Å². The molecule has 0 saturated carbocycles. The first-order valence-electron chi connectivity index (χ1n) is 6.14. The third-order valence-electron chi connectivity index (χ3n) is 3.22. The molecule has 1 aromatic carbocycles. The summed E-state index contributed by atoms with van der Waals surface area (Å²) in [6.45, 7) is 5.31. The molecule has 0 amide bonds. The van der Waals surface area contributed by atoms with Crippen molar-refractivity contribution in [2.45, 2.75) is 25.8 Å². The second-order valence-electron chi connectivity index (χ2n) is 4.45. The summed E-state index contributed by atoms with van der Waals surface area (Å²) in [5.41, 5.74) is 1.06. The van der Waals surface area contributed by atoms with Crippen LogP contribution in [0.5, 0.6) is 0 Å². The fourth-order valence-electron chi connectivity index (χ4n) is 2.22. The van der Waals surface area contributed by atoms with Gasteiger partial charge in [0, 0.05) is 24.2 Å². The van der Waals surface area contributed by atoms with E-state index < -0.39 is 0 Å². The predicted molar refractivity (Wildman–Crippen MR) is 75.4 cm³/mol. The molecular formula is C13H18Cl2N2. The van der Waals surface area contributed by atoms with Crippen LogP contribution in [0.1, 0.15) is 19.8 Å². The van der Waals surface area contributed by atoms with E-state index in [0.717, 1.165) is 48.2 Å². The lowest BCUT2D eigenvalue weighted by Gasteiger charge is -2.27. The van der Waals surface area contributed by atoms with Crippen LogP contribution in [0.15, 0.2) is 18.2 Å². The van der Waals surface area contributed by atoms with Crippen LogP contribution >= 0.6 is 23.2 Å². The van der Waals surface area contributed by atoms with Crippen molar-refractivity contribution in [3.8, 4) is 0 Å². The van der Waals surface area contributed by atoms with Crippen molar-refractivity contribution in [2.24, 2.45) is 0 Å². The zero-order valence-electron chi connectivity index (χ0n) is 10.0. The highest BCUT2D eigenvalue weighted by molar-refractivity contribution is 6.35. The fourth-order valence-corrected chi connectivity index (χ4v) is 2.62. The number of hydrogen-bond donors (Lipinski definition) is 1. The third kappa shape index (κ3) is 3.27. The van der Waals surface area contributed by atoms with Gasteiger partial charge in [0.1, 0.15) is 0 Å². The van der Waals surface area contributed by atoms with Crippen molar-refractivity contribution in [1.82, 2.24) is 5.32 Å². The molecule has 0 aromatic heterocycles. The maximum Gasteiger partial charge on any atom is 0.0640 e. The Labute approximate surface area is 113 Å². The summed E-state index contributed by atoms with van der Waals surface area (Å²) >= 11 is 12.3. The van der Waals surface area contributed by atoms with Crippen molar-refractivity contribution in [3.05, 3.63) is 28.2 Å². The van der Waals surface area contributed by atoms with Crippen molar-refractivity contribution in [2.75, 3.05) is 24.5 Å². The molecule has 2 rings (SSSR count). The number of rotatable bonds is 2. The molecule has 1 aromatic rings. The fraction of sp³-hybridized carbons (Fsp3) is 0.538. The topological polar surface area (TPSA) is 15.3 Å². The first-order chi connectivity index (χ1) is 8.20. The number of halogens is 2. The van der Waals surface area contributed by atoms with Crippen LogP contribution in [0.3, 0.4) is 0 Å². The van der Waals surface area contributed by atoms with E-state index >= 15 is 0 Å². The summed E-state index contributed by atoms with van der Waals surface area (Å²) in [6, 6.07) is 6.20. The van der Waals surface area contributed by atoms with E-state index in [4.69, 9.17) is 23.2 Å². The summed E-state index contributed by atoms with van der Waals surface area (Å²) in [4.78, 5) is 2.34. The highest BCUT2D eigenvalue weighted by atomic mass is 35.5. The first-order valence-corrected chi connectivity index (χ1v) is 6.89. The molecule has 17 heavy (non-hydrogen) atoms. The van der Waals surface area contributed by atoms with Gasteiger partial charge in [-0.3, -0.25) is 0 Å². The number of anilines is 1. The summed E-state index contributed by atoms with van der Waals surface area (Å²) in [5, 5.41) is 5.08. The van der Waals surface area contributed by atoms with E-state index in [1.54, 1.807) is 0 Å². The monoisotopic (exact) mass is 272 g/mol. The Morgan fingerprint density at radius 3 is 3.00 bits per heavy atom. The number of nitrogens with zero attached hydrogens (tertiary/aromatic N) is 1. The van der Waals surface area contributed by atoms with Crippen LogP contribution in [-0.4, -0.2) is 25.7 Å². The third-order valence-corrected chi connectivity index (χ3v) is 3.77. The second-order valence-corrected chi connectivity index (χ2v) is 5.30. The van der Waals surface area contributed by atoms with Gasteiger partial charge in [0.15, 0.2) is 0 Å². The van der Waals surface area contributed by atoms with Gasteiger partial charge >= 0.3 is 0 Å². The van der Waals surface area contributed by atoms with Gasteiger partial charge in [0.2, 0.25) is 0 Å². The molecule has 0 spiro atoms. The quantitative estimate of drug-likeness (QED) is 0.886. The molecule has 1 unspecified atom stereocenters. The van der Waals surface area contributed by atoms with E-state index in [9.17, 15) is 0 Å². The SMILES string of the molecule is CCC1CN(c2cc(Cl)ccc2Cl)CCCN1. The lowest BCUT2D eigenvalue weighted by molar-refractivity contribution is 0.528. The molecule has 0 aliphatic carbocycles. The highest BCUT2D eigenvalue weighted by Gasteiger charge is 2.18. The number of hydrogen-bond acceptors (Lipinski definition) is 2. The molecule has 0 radical (unpaired) electrons. The van der Waals surface area contributed by atoms with Crippen molar-refractivity contribution < 1.29 is 0 Å². The smallest absolute Gasteiger partial charge is 0.0640 e.